The highest BCUT2D eigenvalue weighted by atomic mass is 79.9. The topological polar surface area (TPSA) is 71.6 Å². The number of rotatable bonds is 3. The molecular formula is C16H19BrN4O3. The Balaban J connectivity index is 1.61. The van der Waals surface area contributed by atoms with Gasteiger partial charge in [-0.15, -0.1) is 0 Å². The molecule has 0 aromatic carbocycles. The molecule has 0 aliphatic carbocycles. The minimum Gasteiger partial charge on any atom is -0.459 e. The van der Waals surface area contributed by atoms with Gasteiger partial charge in [-0.1, -0.05) is 0 Å². The number of hydrogen-bond donors (Lipinski definition) is 0. The first-order valence-electron chi connectivity index (χ1n) is 7.80. The van der Waals surface area contributed by atoms with E-state index in [9.17, 15) is 9.59 Å². The van der Waals surface area contributed by atoms with Crippen LogP contribution in [0.25, 0.3) is 0 Å². The molecule has 0 bridgehead atoms. The molecule has 0 saturated carbocycles. The van der Waals surface area contributed by atoms with Crippen LogP contribution in [-0.4, -0.2) is 57.6 Å². The van der Waals surface area contributed by atoms with Crippen molar-refractivity contribution >= 4 is 27.7 Å². The van der Waals surface area contributed by atoms with Crippen LogP contribution in [0.4, 0.5) is 0 Å². The molecule has 3 heterocycles. The smallest absolute Gasteiger partial charge is 0.289 e. The molecule has 128 valence electrons. The molecule has 7 nitrogen and oxygen atoms in total. The van der Waals surface area contributed by atoms with Crippen molar-refractivity contribution in [2.75, 3.05) is 26.2 Å². The fourth-order valence-electron chi connectivity index (χ4n) is 2.85. The average molecular weight is 395 g/mol. The monoisotopic (exact) mass is 394 g/mol. The van der Waals surface area contributed by atoms with Gasteiger partial charge in [-0.3, -0.25) is 14.3 Å². The van der Waals surface area contributed by atoms with E-state index in [-0.39, 0.29) is 17.9 Å². The average Bonchev–Trinajstić information content (AvgIpc) is 3.24. The lowest BCUT2D eigenvalue weighted by Gasteiger charge is -2.35. The third kappa shape index (κ3) is 3.10. The lowest BCUT2D eigenvalue weighted by atomic mass is 10.2. The number of hydrogen-bond acceptors (Lipinski definition) is 4. The fraction of sp³-hybridized carbons (Fsp3) is 0.438. The van der Waals surface area contributed by atoms with Crippen LogP contribution >= 0.6 is 15.9 Å². The highest BCUT2D eigenvalue weighted by Gasteiger charge is 2.29. The predicted octanol–water partition coefficient (Wildman–Crippen LogP) is 2.09. The molecule has 8 heteroatoms. The van der Waals surface area contributed by atoms with Gasteiger partial charge in [-0.05, 0) is 41.9 Å². The highest BCUT2D eigenvalue weighted by Crippen LogP contribution is 2.20. The van der Waals surface area contributed by atoms with Gasteiger partial charge in [0, 0.05) is 26.2 Å². The van der Waals surface area contributed by atoms with Gasteiger partial charge in [0.1, 0.15) is 6.04 Å². The van der Waals surface area contributed by atoms with Crippen molar-refractivity contribution < 1.29 is 14.0 Å². The Bertz CT molecular complexity index is 733. The van der Waals surface area contributed by atoms with Crippen LogP contribution in [0.2, 0.25) is 0 Å². The summed E-state index contributed by atoms with van der Waals surface area (Å²) in [5.74, 6) is 0.214. The maximum atomic E-state index is 12.7. The van der Waals surface area contributed by atoms with E-state index in [1.807, 2.05) is 13.8 Å². The predicted molar refractivity (Wildman–Crippen MR) is 90.6 cm³/mol. The van der Waals surface area contributed by atoms with Crippen molar-refractivity contribution in [1.29, 1.82) is 0 Å². The zero-order valence-corrected chi connectivity index (χ0v) is 15.2. The first-order valence-corrected chi connectivity index (χ1v) is 8.59. The summed E-state index contributed by atoms with van der Waals surface area (Å²) in [6, 6.07) is 2.98. The summed E-state index contributed by atoms with van der Waals surface area (Å²) in [7, 11) is 0. The largest absolute Gasteiger partial charge is 0.459 e. The standard InChI is InChI=1S/C16H19BrN4O3/c1-11-13(17)10-18-21(11)12(2)15(22)19-5-7-20(8-6-19)16(23)14-4-3-9-24-14/h3-4,9-10,12H,5-8H2,1-2H3. The van der Waals surface area contributed by atoms with Crippen molar-refractivity contribution in [3.63, 3.8) is 0 Å². The third-order valence-electron chi connectivity index (χ3n) is 4.32. The minimum absolute atomic E-state index is 0.0128. The second-order valence-corrected chi connectivity index (χ2v) is 6.65. The first kappa shape index (κ1) is 16.8. The van der Waals surface area contributed by atoms with Gasteiger partial charge in [0.2, 0.25) is 5.91 Å². The second-order valence-electron chi connectivity index (χ2n) is 5.79. The van der Waals surface area contributed by atoms with Crippen molar-refractivity contribution in [3.8, 4) is 0 Å². The summed E-state index contributed by atoms with van der Waals surface area (Å²) in [5.41, 5.74) is 0.919. The lowest BCUT2D eigenvalue weighted by Crippen LogP contribution is -2.52. The van der Waals surface area contributed by atoms with Crippen molar-refractivity contribution in [1.82, 2.24) is 19.6 Å². The number of aromatic nitrogens is 2. The normalized spacial score (nSPS) is 16.3. The summed E-state index contributed by atoms with van der Waals surface area (Å²) < 4.78 is 7.75. The van der Waals surface area contributed by atoms with E-state index in [2.05, 4.69) is 21.0 Å². The Morgan fingerprint density at radius 3 is 2.46 bits per heavy atom. The number of amides is 2. The molecular weight excluding hydrogens is 376 g/mol. The van der Waals surface area contributed by atoms with E-state index in [0.29, 0.717) is 31.9 Å². The third-order valence-corrected chi connectivity index (χ3v) is 5.10. The Hall–Kier alpha value is -2.09. The van der Waals surface area contributed by atoms with Crippen molar-refractivity contribution in [2.45, 2.75) is 19.9 Å². The van der Waals surface area contributed by atoms with Gasteiger partial charge in [-0.25, -0.2) is 0 Å². The van der Waals surface area contributed by atoms with E-state index in [4.69, 9.17) is 4.42 Å². The van der Waals surface area contributed by atoms with Gasteiger partial charge >= 0.3 is 0 Å². The van der Waals surface area contributed by atoms with Gasteiger partial charge in [0.15, 0.2) is 5.76 Å². The molecule has 1 fully saturated rings. The summed E-state index contributed by atoms with van der Waals surface area (Å²) in [4.78, 5) is 28.4. The Labute approximate surface area is 148 Å². The van der Waals surface area contributed by atoms with Crippen molar-refractivity contribution in [2.24, 2.45) is 0 Å². The highest BCUT2D eigenvalue weighted by molar-refractivity contribution is 9.10. The van der Waals surface area contributed by atoms with Gasteiger partial charge in [-0.2, -0.15) is 5.10 Å². The van der Waals surface area contributed by atoms with E-state index in [1.165, 1.54) is 6.26 Å². The molecule has 3 rings (SSSR count). The van der Waals surface area contributed by atoms with E-state index in [0.717, 1.165) is 10.2 Å². The number of piperazine rings is 1. The Kier molecular flexibility index (Phi) is 4.75. The molecule has 1 atom stereocenters. The van der Waals surface area contributed by atoms with Gasteiger partial charge in [0.25, 0.3) is 5.91 Å². The van der Waals surface area contributed by atoms with Crippen LogP contribution in [-0.2, 0) is 4.79 Å². The van der Waals surface area contributed by atoms with E-state index in [1.54, 1.807) is 32.8 Å². The molecule has 1 unspecified atom stereocenters. The van der Waals surface area contributed by atoms with Crippen LogP contribution < -0.4 is 0 Å². The maximum absolute atomic E-state index is 12.7. The zero-order valence-electron chi connectivity index (χ0n) is 13.6. The molecule has 0 spiro atoms. The molecule has 1 saturated heterocycles. The number of carbonyl (C=O) groups excluding carboxylic acids is 2. The first-order chi connectivity index (χ1) is 11.5. The minimum atomic E-state index is -0.372. The quantitative estimate of drug-likeness (QED) is 0.798. The molecule has 2 amide bonds. The number of furan rings is 1. The van der Waals surface area contributed by atoms with E-state index >= 15 is 0 Å². The van der Waals surface area contributed by atoms with Crippen LogP contribution in [0.15, 0.2) is 33.5 Å². The molecule has 1 aliphatic rings. The summed E-state index contributed by atoms with van der Waals surface area (Å²) in [5, 5.41) is 4.25. The summed E-state index contributed by atoms with van der Waals surface area (Å²) >= 11 is 3.41. The molecule has 24 heavy (non-hydrogen) atoms. The second kappa shape index (κ2) is 6.80. The van der Waals surface area contributed by atoms with Crippen LogP contribution in [0.1, 0.15) is 29.2 Å². The number of carbonyl (C=O) groups is 2. The van der Waals surface area contributed by atoms with Crippen LogP contribution in [0.3, 0.4) is 0 Å². The Morgan fingerprint density at radius 1 is 1.25 bits per heavy atom. The van der Waals surface area contributed by atoms with Gasteiger partial charge in [0.05, 0.1) is 22.6 Å². The zero-order chi connectivity index (χ0) is 17.3. The van der Waals surface area contributed by atoms with Crippen LogP contribution in [0.5, 0.6) is 0 Å². The molecule has 1 aliphatic heterocycles. The summed E-state index contributed by atoms with van der Waals surface area (Å²) in [6.07, 6.45) is 3.18. The molecule has 0 N–H and O–H groups in total. The van der Waals surface area contributed by atoms with Gasteiger partial charge < -0.3 is 14.2 Å². The lowest BCUT2D eigenvalue weighted by molar-refractivity contribution is -0.136. The van der Waals surface area contributed by atoms with E-state index < -0.39 is 0 Å². The summed E-state index contributed by atoms with van der Waals surface area (Å²) in [6.45, 7) is 5.78. The molecule has 2 aromatic rings. The molecule has 2 aromatic heterocycles. The number of nitrogens with zero attached hydrogens (tertiary/aromatic N) is 4. The molecule has 0 radical (unpaired) electrons. The maximum Gasteiger partial charge on any atom is 0.289 e. The Morgan fingerprint density at radius 2 is 1.92 bits per heavy atom. The number of halogens is 1. The van der Waals surface area contributed by atoms with Crippen molar-refractivity contribution in [3.05, 3.63) is 40.5 Å². The SMILES string of the molecule is Cc1c(Br)cnn1C(C)C(=O)N1CCN(C(=O)c2ccco2)CC1. The van der Waals surface area contributed by atoms with Crippen LogP contribution in [0, 0.1) is 6.92 Å². The fourth-order valence-corrected chi connectivity index (χ4v) is 3.12.